The normalized spacial score (nSPS) is 20.1. The van der Waals surface area contributed by atoms with Gasteiger partial charge in [-0.15, -0.1) is 0 Å². The van der Waals surface area contributed by atoms with Gasteiger partial charge in [-0.3, -0.25) is 4.79 Å². The van der Waals surface area contributed by atoms with Gasteiger partial charge in [0.05, 0.1) is 4.90 Å². The molecule has 26 heavy (non-hydrogen) atoms. The number of benzene rings is 1. The van der Waals surface area contributed by atoms with Crippen molar-refractivity contribution in [3.63, 3.8) is 0 Å². The summed E-state index contributed by atoms with van der Waals surface area (Å²) in [5.74, 6) is 0.578. The predicted octanol–water partition coefficient (Wildman–Crippen LogP) is 1.99. The van der Waals surface area contributed by atoms with Crippen molar-refractivity contribution in [1.82, 2.24) is 5.32 Å². The molecule has 0 aliphatic carbocycles. The van der Waals surface area contributed by atoms with Crippen molar-refractivity contribution in [2.24, 2.45) is 5.92 Å². The number of hydrogen-bond donors (Lipinski definition) is 1. The van der Waals surface area contributed by atoms with Gasteiger partial charge in [-0.1, -0.05) is 0 Å². The van der Waals surface area contributed by atoms with Crippen LogP contribution in [0.2, 0.25) is 0 Å². The smallest absolute Gasteiger partial charge is 0.220 e. The molecule has 2 fully saturated rings. The molecule has 2 heterocycles. The Labute approximate surface area is 155 Å². The summed E-state index contributed by atoms with van der Waals surface area (Å²) in [6, 6.07) is 7.34. The van der Waals surface area contributed by atoms with E-state index >= 15 is 0 Å². The Morgan fingerprint density at radius 2 is 1.73 bits per heavy atom. The molecule has 1 N–H and O–H groups in total. The van der Waals surface area contributed by atoms with E-state index in [-0.39, 0.29) is 11.9 Å². The van der Waals surface area contributed by atoms with Crippen LogP contribution in [0.25, 0.3) is 0 Å². The third-order valence-corrected chi connectivity index (χ3v) is 6.43. The SMILES string of the molecule is CS(=O)(=O)c1ccc(N2CCC(CC(=O)NC3CCOCC3)CC2)cc1. The van der Waals surface area contributed by atoms with Gasteiger partial charge in [0, 0.05) is 50.7 Å². The number of hydrogen-bond acceptors (Lipinski definition) is 5. The minimum absolute atomic E-state index is 0.160. The standard InChI is InChI=1S/C19H28N2O4S/c1-26(23,24)18-4-2-17(3-5-18)21-10-6-15(7-11-21)14-19(22)20-16-8-12-25-13-9-16/h2-5,15-16H,6-14H2,1H3,(H,20,22). The molecular weight excluding hydrogens is 352 g/mol. The summed E-state index contributed by atoms with van der Waals surface area (Å²) in [7, 11) is -3.16. The number of nitrogens with one attached hydrogen (secondary N) is 1. The predicted molar refractivity (Wildman–Crippen MR) is 101 cm³/mol. The molecule has 0 unspecified atom stereocenters. The van der Waals surface area contributed by atoms with Gasteiger partial charge in [-0.25, -0.2) is 8.42 Å². The van der Waals surface area contributed by atoms with Gasteiger partial charge >= 0.3 is 0 Å². The molecule has 2 aliphatic rings. The summed E-state index contributed by atoms with van der Waals surface area (Å²) < 4.78 is 28.4. The second kappa shape index (κ2) is 8.39. The molecule has 1 aromatic rings. The van der Waals surface area contributed by atoms with Crippen LogP contribution >= 0.6 is 0 Å². The van der Waals surface area contributed by atoms with Crippen molar-refractivity contribution < 1.29 is 17.9 Å². The number of carbonyl (C=O) groups is 1. The fourth-order valence-corrected chi connectivity index (χ4v) is 4.32. The van der Waals surface area contributed by atoms with Gasteiger partial charge in [0.15, 0.2) is 9.84 Å². The summed E-state index contributed by atoms with van der Waals surface area (Å²) >= 11 is 0. The maximum absolute atomic E-state index is 12.2. The van der Waals surface area contributed by atoms with E-state index in [2.05, 4.69) is 10.2 Å². The Bertz CT molecular complexity index is 704. The molecule has 2 saturated heterocycles. The first kappa shape index (κ1) is 19.2. The van der Waals surface area contributed by atoms with E-state index in [9.17, 15) is 13.2 Å². The van der Waals surface area contributed by atoms with Crippen molar-refractivity contribution >= 4 is 21.4 Å². The van der Waals surface area contributed by atoms with Crippen LogP contribution in [0, 0.1) is 5.92 Å². The third-order valence-electron chi connectivity index (χ3n) is 5.31. The van der Waals surface area contributed by atoms with Crippen LogP contribution in [-0.2, 0) is 19.4 Å². The molecule has 1 aromatic carbocycles. The zero-order chi connectivity index (χ0) is 18.6. The lowest BCUT2D eigenvalue weighted by molar-refractivity contribution is -0.123. The highest BCUT2D eigenvalue weighted by atomic mass is 32.2. The largest absolute Gasteiger partial charge is 0.381 e. The van der Waals surface area contributed by atoms with Crippen LogP contribution in [0.4, 0.5) is 5.69 Å². The summed E-state index contributed by atoms with van der Waals surface area (Å²) in [5.41, 5.74) is 1.04. The van der Waals surface area contributed by atoms with Gasteiger partial charge in [0.1, 0.15) is 0 Å². The second-order valence-corrected chi connectivity index (χ2v) is 9.37. The summed E-state index contributed by atoms with van der Waals surface area (Å²) in [6.45, 7) is 3.27. The number of rotatable bonds is 5. The van der Waals surface area contributed by atoms with Gasteiger partial charge in [-0.05, 0) is 55.9 Å². The molecule has 7 heteroatoms. The molecule has 144 valence electrons. The van der Waals surface area contributed by atoms with E-state index < -0.39 is 9.84 Å². The van der Waals surface area contributed by atoms with Crippen LogP contribution in [0.3, 0.4) is 0 Å². The Morgan fingerprint density at radius 1 is 1.12 bits per heavy atom. The molecule has 0 radical (unpaired) electrons. The number of sulfone groups is 1. The van der Waals surface area contributed by atoms with Crippen molar-refractivity contribution in [2.45, 2.75) is 43.0 Å². The van der Waals surface area contributed by atoms with Crippen LogP contribution in [0.5, 0.6) is 0 Å². The number of carbonyl (C=O) groups excluding carboxylic acids is 1. The van der Waals surface area contributed by atoms with Gasteiger partial charge < -0.3 is 15.0 Å². The van der Waals surface area contributed by atoms with E-state index in [0.29, 0.717) is 17.2 Å². The molecule has 1 amide bonds. The fourth-order valence-electron chi connectivity index (χ4n) is 3.69. The molecule has 3 rings (SSSR count). The second-order valence-electron chi connectivity index (χ2n) is 7.35. The Kier molecular flexibility index (Phi) is 6.19. The number of piperidine rings is 1. The van der Waals surface area contributed by atoms with Crippen molar-refractivity contribution in [3.05, 3.63) is 24.3 Å². The molecular formula is C19H28N2O4S. The Morgan fingerprint density at radius 3 is 2.31 bits per heavy atom. The zero-order valence-corrected chi connectivity index (χ0v) is 16.1. The highest BCUT2D eigenvalue weighted by Gasteiger charge is 2.23. The number of anilines is 1. The lowest BCUT2D eigenvalue weighted by Gasteiger charge is -2.34. The Balaban J connectivity index is 1.45. The van der Waals surface area contributed by atoms with Crippen molar-refractivity contribution in [3.8, 4) is 0 Å². The fraction of sp³-hybridized carbons (Fsp3) is 0.632. The maximum atomic E-state index is 12.2. The summed E-state index contributed by atoms with van der Waals surface area (Å²) in [6.07, 6.45) is 5.60. The van der Waals surface area contributed by atoms with Crippen molar-refractivity contribution in [1.29, 1.82) is 0 Å². The number of ether oxygens (including phenoxy) is 1. The van der Waals surface area contributed by atoms with E-state index in [0.717, 1.165) is 57.7 Å². The first-order valence-corrected chi connectivity index (χ1v) is 11.2. The van der Waals surface area contributed by atoms with Gasteiger partial charge in [0.2, 0.25) is 5.91 Å². The van der Waals surface area contributed by atoms with Crippen LogP contribution in [0.1, 0.15) is 32.1 Å². The number of amides is 1. The molecule has 2 aliphatic heterocycles. The van der Waals surface area contributed by atoms with Crippen LogP contribution < -0.4 is 10.2 Å². The van der Waals surface area contributed by atoms with E-state index in [4.69, 9.17) is 4.74 Å². The van der Waals surface area contributed by atoms with Crippen LogP contribution in [0.15, 0.2) is 29.2 Å². The van der Waals surface area contributed by atoms with Crippen LogP contribution in [-0.4, -0.2) is 52.9 Å². The van der Waals surface area contributed by atoms with Gasteiger partial charge in [0.25, 0.3) is 0 Å². The van der Waals surface area contributed by atoms with Gasteiger partial charge in [-0.2, -0.15) is 0 Å². The average Bonchev–Trinajstić information content (AvgIpc) is 2.62. The quantitative estimate of drug-likeness (QED) is 0.845. The minimum Gasteiger partial charge on any atom is -0.381 e. The molecule has 0 bridgehead atoms. The van der Waals surface area contributed by atoms with E-state index in [1.54, 1.807) is 12.1 Å². The molecule has 0 atom stereocenters. The first-order chi connectivity index (χ1) is 12.4. The van der Waals surface area contributed by atoms with Crippen molar-refractivity contribution in [2.75, 3.05) is 37.5 Å². The molecule has 0 saturated carbocycles. The zero-order valence-electron chi connectivity index (χ0n) is 15.3. The third kappa shape index (κ3) is 5.20. The summed E-state index contributed by atoms with van der Waals surface area (Å²) in [4.78, 5) is 14.9. The number of nitrogens with zero attached hydrogens (tertiary/aromatic N) is 1. The first-order valence-electron chi connectivity index (χ1n) is 9.34. The average molecular weight is 381 g/mol. The summed E-state index contributed by atoms with van der Waals surface area (Å²) in [5, 5.41) is 3.14. The molecule has 0 aromatic heterocycles. The molecule has 6 nitrogen and oxygen atoms in total. The highest BCUT2D eigenvalue weighted by Crippen LogP contribution is 2.26. The minimum atomic E-state index is -3.16. The van der Waals surface area contributed by atoms with E-state index in [1.165, 1.54) is 6.26 Å². The lowest BCUT2D eigenvalue weighted by atomic mass is 9.92. The monoisotopic (exact) mass is 380 g/mol. The Hall–Kier alpha value is -1.60. The highest BCUT2D eigenvalue weighted by molar-refractivity contribution is 7.90. The van der Waals surface area contributed by atoms with E-state index in [1.807, 2.05) is 12.1 Å². The molecule has 0 spiro atoms. The lowest BCUT2D eigenvalue weighted by Crippen LogP contribution is -2.41. The maximum Gasteiger partial charge on any atom is 0.220 e. The topological polar surface area (TPSA) is 75.7 Å².